The molecule has 0 amide bonds. The summed E-state index contributed by atoms with van der Waals surface area (Å²) in [6.07, 6.45) is 2.83. The molecule has 0 aliphatic rings. The number of halogens is 2. The van der Waals surface area contributed by atoms with Crippen molar-refractivity contribution >= 4 is 33.0 Å². The standard InChI is InChI=1S/C13H19Cl2NO2S/c1-3-6-16-11(9-19(2,17)18)7-10-4-5-12(14)13(15)8-10/h4-5,8,11,16H,3,6-7,9H2,1-2H3. The number of sulfone groups is 1. The van der Waals surface area contributed by atoms with Crippen LogP contribution in [0.2, 0.25) is 10.0 Å². The van der Waals surface area contributed by atoms with Gasteiger partial charge in [0.2, 0.25) is 0 Å². The Morgan fingerprint density at radius 1 is 1.26 bits per heavy atom. The monoisotopic (exact) mass is 323 g/mol. The van der Waals surface area contributed by atoms with Crippen LogP contribution in [0.1, 0.15) is 18.9 Å². The van der Waals surface area contributed by atoms with Crippen LogP contribution in [0.4, 0.5) is 0 Å². The van der Waals surface area contributed by atoms with Gasteiger partial charge in [-0.1, -0.05) is 36.2 Å². The quantitative estimate of drug-likeness (QED) is 0.839. The van der Waals surface area contributed by atoms with Crippen LogP contribution in [0, 0.1) is 0 Å². The first-order valence-corrected chi connectivity index (χ1v) is 8.98. The van der Waals surface area contributed by atoms with E-state index in [1.165, 1.54) is 6.26 Å². The van der Waals surface area contributed by atoms with Crippen LogP contribution >= 0.6 is 23.2 Å². The molecule has 3 nitrogen and oxygen atoms in total. The molecule has 0 fully saturated rings. The van der Waals surface area contributed by atoms with E-state index >= 15 is 0 Å². The van der Waals surface area contributed by atoms with Gasteiger partial charge in [-0.3, -0.25) is 0 Å². The van der Waals surface area contributed by atoms with E-state index in [9.17, 15) is 8.42 Å². The van der Waals surface area contributed by atoms with Crippen molar-refractivity contribution in [2.45, 2.75) is 25.8 Å². The second kappa shape index (κ2) is 7.48. The number of hydrogen-bond acceptors (Lipinski definition) is 3. The molecule has 0 aliphatic carbocycles. The summed E-state index contributed by atoms with van der Waals surface area (Å²) in [6.45, 7) is 2.84. The van der Waals surface area contributed by atoms with E-state index in [1.807, 2.05) is 13.0 Å². The van der Waals surface area contributed by atoms with Crippen LogP contribution < -0.4 is 5.32 Å². The lowest BCUT2D eigenvalue weighted by Gasteiger charge is -2.18. The minimum Gasteiger partial charge on any atom is -0.313 e. The molecule has 19 heavy (non-hydrogen) atoms. The largest absolute Gasteiger partial charge is 0.313 e. The average Bonchev–Trinajstić information content (AvgIpc) is 2.29. The van der Waals surface area contributed by atoms with Gasteiger partial charge in [0.15, 0.2) is 0 Å². The molecule has 1 N–H and O–H groups in total. The van der Waals surface area contributed by atoms with Crippen molar-refractivity contribution in [3.8, 4) is 0 Å². The maximum Gasteiger partial charge on any atom is 0.148 e. The van der Waals surface area contributed by atoms with Crippen LogP contribution in [-0.2, 0) is 16.3 Å². The van der Waals surface area contributed by atoms with Gasteiger partial charge in [-0.05, 0) is 37.1 Å². The maximum atomic E-state index is 11.4. The average molecular weight is 324 g/mol. The van der Waals surface area contributed by atoms with Gasteiger partial charge in [-0.15, -0.1) is 0 Å². The van der Waals surface area contributed by atoms with Crippen molar-refractivity contribution in [3.05, 3.63) is 33.8 Å². The van der Waals surface area contributed by atoms with Crippen LogP contribution in [0.3, 0.4) is 0 Å². The Labute approximate surface area is 125 Å². The lowest BCUT2D eigenvalue weighted by Crippen LogP contribution is -2.37. The van der Waals surface area contributed by atoms with Crippen molar-refractivity contribution in [1.29, 1.82) is 0 Å². The molecule has 0 saturated heterocycles. The summed E-state index contributed by atoms with van der Waals surface area (Å²) < 4.78 is 22.9. The van der Waals surface area contributed by atoms with E-state index in [0.29, 0.717) is 16.5 Å². The number of benzene rings is 1. The zero-order valence-electron chi connectivity index (χ0n) is 11.1. The first-order valence-electron chi connectivity index (χ1n) is 6.17. The molecular formula is C13H19Cl2NO2S. The van der Waals surface area contributed by atoms with Crippen molar-refractivity contribution in [2.24, 2.45) is 0 Å². The highest BCUT2D eigenvalue weighted by atomic mass is 35.5. The molecule has 1 rings (SSSR count). The van der Waals surface area contributed by atoms with Gasteiger partial charge in [0.05, 0.1) is 15.8 Å². The Morgan fingerprint density at radius 3 is 2.47 bits per heavy atom. The third kappa shape index (κ3) is 6.61. The van der Waals surface area contributed by atoms with E-state index in [4.69, 9.17) is 23.2 Å². The van der Waals surface area contributed by atoms with Crippen molar-refractivity contribution in [2.75, 3.05) is 18.6 Å². The molecule has 108 valence electrons. The molecule has 6 heteroatoms. The van der Waals surface area contributed by atoms with E-state index in [-0.39, 0.29) is 11.8 Å². The second-order valence-corrected chi connectivity index (χ2v) is 7.70. The second-order valence-electron chi connectivity index (χ2n) is 4.70. The molecule has 0 bridgehead atoms. The Hall–Kier alpha value is -0.290. The van der Waals surface area contributed by atoms with E-state index in [2.05, 4.69) is 5.32 Å². The highest BCUT2D eigenvalue weighted by molar-refractivity contribution is 7.90. The molecular weight excluding hydrogens is 305 g/mol. The van der Waals surface area contributed by atoms with Gasteiger partial charge in [0.25, 0.3) is 0 Å². The van der Waals surface area contributed by atoms with Gasteiger partial charge in [-0.25, -0.2) is 8.42 Å². The Morgan fingerprint density at radius 2 is 1.95 bits per heavy atom. The topological polar surface area (TPSA) is 46.2 Å². The van der Waals surface area contributed by atoms with Crippen molar-refractivity contribution < 1.29 is 8.42 Å². The maximum absolute atomic E-state index is 11.4. The third-order valence-electron chi connectivity index (χ3n) is 2.65. The predicted octanol–water partition coefficient (Wildman–Crippen LogP) is 2.95. The highest BCUT2D eigenvalue weighted by Crippen LogP contribution is 2.23. The van der Waals surface area contributed by atoms with Gasteiger partial charge >= 0.3 is 0 Å². The van der Waals surface area contributed by atoms with E-state index < -0.39 is 9.84 Å². The van der Waals surface area contributed by atoms with E-state index in [0.717, 1.165) is 18.5 Å². The SMILES string of the molecule is CCCNC(Cc1ccc(Cl)c(Cl)c1)CS(C)(=O)=O. The molecule has 0 spiro atoms. The first-order chi connectivity index (χ1) is 8.81. The number of hydrogen-bond donors (Lipinski definition) is 1. The molecule has 0 saturated carbocycles. The van der Waals surface area contributed by atoms with Crippen LogP contribution in [0.15, 0.2) is 18.2 Å². The number of rotatable bonds is 7. The Bertz CT molecular complexity index is 517. The lowest BCUT2D eigenvalue weighted by molar-refractivity contribution is 0.530. The fourth-order valence-corrected chi connectivity index (χ4v) is 3.14. The molecule has 0 aromatic heterocycles. The molecule has 0 aliphatic heterocycles. The summed E-state index contributed by atoms with van der Waals surface area (Å²) in [6, 6.07) is 5.28. The summed E-state index contributed by atoms with van der Waals surface area (Å²) in [5, 5.41) is 4.25. The zero-order chi connectivity index (χ0) is 14.5. The van der Waals surface area contributed by atoms with Gasteiger partial charge in [0, 0.05) is 12.3 Å². The zero-order valence-corrected chi connectivity index (χ0v) is 13.4. The molecule has 0 heterocycles. The van der Waals surface area contributed by atoms with Crippen LogP contribution in [0.5, 0.6) is 0 Å². The summed E-state index contributed by atoms with van der Waals surface area (Å²) in [5.41, 5.74) is 0.978. The molecule has 1 atom stereocenters. The summed E-state index contributed by atoms with van der Waals surface area (Å²) in [5.74, 6) is 0.118. The van der Waals surface area contributed by atoms with Gasteiger partial charge < -0.3 is 5.32 Å². The molecule has 1 unspecified atom stereocenters. The molecule has 1 aromatic carbocycles. The summed E-state index contributed by atoms with van der Waals surface area (Å²) >= 11 is 11.8. The minimum atomic E-state index is -3.01. The van der Waals surface area contributed by atoms with E-state index in [1.54, 1.807) is 12.1 Å². The number of nitrogens with one attached hydrogen (secondary N) is 1. The van der Waals surface area contributed by atoms with Crippen molar-refractivity contribution in [3.63, 3.8) is 0 Å². The van der Waals surface area contributed by atoms with Crippen molar-refractivity contribution in [1.82, 2.24) is 5.32 Å². The Kier molecular flexibility index (Phi) is 6.60. The first kappa shape index (κ1) is 16.8. The fourth-order valence-electron chi connectivity index (χ4n) is 1.86. The molecule has 0 radical (unpaired) electrons. The smallest absolute Gasteiger partial charge is 0.148 e. The Balaban J connectivity index is 2.77. The summed E-state index contributed by atoms with van der Waals surface area (Å²) in [4.78, 5) is 0. The lowest BCUT2D eigenvalue weighted by atomic mass is 10.1. The van der Waals surface area contributed by atoms with Gasteiger partial charge in [0.1, 0.15) is 9.84 Å². The van der Waals surface area contributed by atoms with Crippen LogP contribution in [0.25, 0.3) is 0 Å². The minimum absolute atomic E-state index is 0.104. The normalized spacial score (nSPS) is 13.5. The fraction of sp³-hybridized carbons (Fsp3) is 0.538. The highest BCUT2D eigenvalue weighted by Gasteiger charge is 2.15. The predicted molar refractivity (Wildman–Crippen MR) is 82.0 cm³/mol. The molecule has 1 aromatic rings. The van der Waals surface area contributed by atoms with Crippen LogP contribution in [-0.4, -0.2) is 33.0 Å². The third-order valence-corrected chi connectivity index (χ3v) is 4.40. The summed E-state index contributed by atoms with van der Waals surface area (Å²) in [7, 11) is -3.01. The van der Waals surface area contributed by atoms with Gasteiger partial charge in [-0.2, -0.15) is 0 Å².